The first-order chi connectivity index (χ1) is 9.77. The van der Waals surface area contributed by atoms with Gasteiger partial charge in [-0.3, -0.25) is 4.79 Å². The van der Waals surface area contributed by atoms with Crippen molar-refractivity contribution < 1.29 is 13.2 Å². The highest BCUT2D eigenvalue weighted by atomic mass is 32.2. The van der Waals surface area contributed by atoms with Crippen LogP contribution in [0.4, 0.5) is 0 Å². The molecule has 0 fully saturated rings. The predicted molar refractivity (Wildman–Crippen MR) is 82.8 cm³/mol. The standard InChI is InChI=1S/C14H16N2O3S2/c1-9-3-4-10(2)12(7-9)14(17)16-8-11-5-6-13(20-11)21(15,18)19/h3-7H,8H2,1-2H3,(H,16,17)(H2,15,18,19). The van der Waals surface area contributed by atoms with Gasteiger partial charge in [-0.15, -0.1) is 11.3 Å². The van der Waals surface area contributed by atoms with E-state index in [1.54, 1.807) is 6.07 Å². The molecule has 0 radical (unpaired) electrons. The molecule has 2 aromatic rings. The summed E-state index contributed by atoms with van der Waals surface area (Å²) in [5, 5.41) is 7.83. The van der Waals surface area contributed by atoms with E-state index in [1.165, 1.54) is 6.07 Å². The van der Waals surface area contributed by atoms with E-state index in [9.17, 15) is 13.2 Å². The van der Waals surface area contributed by atoms with Crippen LogP contribution in [0.2, 0.25) is 0 Å². The number of sulfonamides is 1. The first kappa shape index (κ1) is 15.7. The molecule has 21 heavy (non-hydrogen) atoms. The summed E-state index contributed by atoms with van der Waals surface area (Å²) in [6.45, 7) is 4.07. The second-order valence-corrected chi connectivity index (χ2v) is 7.72. The summed E-state index contributed by atoms with van der Waals surface area (Å²) in [5.74, 6) is -0.179. The van der Waals surface area contributed by atoms with Gasteiger partial charge in [0.1, 0.15) is 4.21 Å². The molecule has 0 saturated carbocycles. The predicted octanol–water partition coefficient (Wildman–Crippen LogP) is 1.94. The first-order valence-electron chi connectivity index (χ1n) is 6.24. The lowest BCUT2D eigenvalue weighted by Gasteiger charge is -2.07. The number of nitrogens with one attached hydrogen (secondary N) is 1. The summed E-state index contributed by atoms with van der Waals surface area (Å²) < 4.78 is 22.5. The van der Waals surface area contributed by atoms with Gasteiger partial charge < -0.3 is 5.32 Å². The Balaban J connectivity index is 2.08. The smallest absolute Gasteiger partial charge is 0.251 e. The third kappa shape index (κ3) is 3.90. The van der Waals surface area contributed by atoms with Crippen LogP contribution in [-0.2, 0) is 16.6 Å². The molecule has 0 unspecified atom stereocenters. The largest absolute Gasteiger partial charge is 0.347 e. The van der Waals surface area contributed by atoms with E-state index >= 15 is 0 Å². The zero-order chi connectivity index (χ0) is 15.6. The van der Waals surface area contributed by atoms with Crippen molar-refractivity contribution in [2.24, 2.45) is 5.14 Å². The molecule has 1 amide bonds. The molecule has 112 valence electrons. The summed E-state index contributed by atoms with van der Waals surface area (Å²) in [6.07, 6.45) is 0. The quantitative estimate of drug-likeness (QED) is 0.900. The lowest BCUT2D eigenvalue weighted by molar-refractivity contribution is 0.0950. The van der Waals surface area contributed by atoms with Crippen LogP contribution >= 0.6 is 11.3 Å². The molecule has 5 nitrogen and oxygen atoms in total. The molecule has 1 aromatic carbocycles. The van der Waals surface area contributed by atoms with Gasteiger partial charge in [-0.2, -0.15) is 0 Å². The van der Waals surface area contributed by atoms with E-state index < -0.39 is 10.0 Å². The lowest BCUT2D eigenvalue weighted by atomic mass is 10.1. The monoisotopic (exact) mass is 324 g/mol. The van der Waals surface area contributed by atoms with Crippen LogP contribution < -0.4 is 10.5 Å². The van der Waals surface area contributed by atoms with Crippen LogP contribution in [-0.4, -0.2) is 14.3 Å². The summed E-state index contributed by atoms with van der Waals surface area (Å²) in [7, 11) is -3.68. The average molecular weight is 324 g/mol. The van der Waals surface area contributed by atoms with E-state index in [4.69, 9.17) is 5.14 Å². The molecule has 1 aromatic heterocycles. The average Bonchev–Trinajstić information content (AvgIpc) is 2.87. The highest BCUT2D eigenvalue weighted by molar-refractivity contribution is 7.91. The van der Waals surface area contributed by atoms with E-state index in [0.29, 0.717) is 5.56 Å². The second-order valence-electron chi connectivity index (χ2n) is 4.77. The molecular formula is C14H16N2O3S2. The maximum Gasteiger partial charge on any atom is 0.251 e. The van der Waals surface area contributed by atoms with E-state index in [0.717, 1.165) is 27.3 Å². The van der Waals surface area contributed by atoms with Crippen LogP contribution in [0.5, 0.6) is 0 Å². The summed E-state index contributed by atoms with van der Waals surface area (Å²) in [5.41, 5.74) is 2.53. The number of amides is 1. The van der Waals surface area contributed by atoms with Gasteiger partial charge in [0.05, 0.1) is 6.54 Å². The number of nitrogens with two attached hydrogens (primary N) is 1. The van der Waals surface area contributed by atoms with Crippen LogP contribution in [0.25, 0.3) is 0 Å². The van der Waals surface area contributed by atoms with Crippen molar-refractivity contribution in [2.45, 2.75) is 24.6 Å². The van der Waals surface area contributed by atoms with Gasteiger partial charge in [-0.1, -0.05) is 17.7 Å². The Morgan fingerprint density at radius 2 is 1.95 bits per heavy atom. The maximum absolute atomic E-state index is 12.1. The zero-order valence-corrected chi connectivity index (χ0v) is 13.3. The Bertz CT molecular complexity index is 779. The van der Waals surface area contributed by atoms with E-state index in [-0.39, 0.29) is 16.7 Å². The van der Waals surface area contributed by atoms with Crippen LogP contribution in [0.1, 0.15) is 26.4 Å². The Kier molecular flexibility index (Phi) is 4.46. The van der Waals surface area contributed by atoms with Gasteiger partial charge in [-0.05, 0) is 37.6 Å². The van der Waals surface area contributed by atoms with Crippen LogP contribution in [0.3, 0.4) is 0 Å². The second kappa shape index (κ2) is 5.97. The molecule has 2 rings (SSSR count). The Labute approximate surface area is 127 Å². The third-order valence-corrected chi connectivity index (χ3v) is 5.50. The SMILES string of the molecule is Cc1ccc(C)c(C(=O)NCc2ccc(S(N)(=O)=O)s2)c1. The van der Waals surface area contributed by atoms with Crippen molar-refractivity contribution in [1.29, 1.82) is 0 Å². The summed E-state index contributed by atoms with van der Waals surface area (Å²) >= 11 is 1.06. The Morgan fingerprint density at radius 1 is 1.24 bits per heavy atom. The van der Waals surface area contributed by atoms with Crippen molar-refractivity contribution in [1.82, 2.24) is 5.32 Å². The van der Waals surface area contributed by atoms with Crippen LogP contribution in [0, 0.1) is 13.8 Å². The van der Waals surface area contributed by atoms with Crippen molar-refractivity contribution in [3.8, 4) is 0 Å². The normalized spacial score (nSPS) is 11.4. The number of hydrogen-bond acceptors (Lipinski definition) is 4. The topological polar surface area (TPSA) is 89.3 Å². The lowest BCUT2D eigenvalue weighted by Crippen LogP contribution is -2.23. The molecule has 7 heteroatoms. The van der Waals surface area contributed by atoms with Crippen molar-refractivity contribution in [3.63, 3.8) is 0 Å². The van der Waals surface area contributed by atoms with Gasteiger partial charge >= 0.3 is 0 Å². The number of rotatable bonds is 4. The van der Waals surface area contributed by atoms with Gasteiger partial charge in [-0.25, -0.2) is 13.6 Å². The highest BCUT2D eigenvalue weighted by Crippen LogP contribution is 2.20. The number of benzene rings is 1. The number of thiophene rings is 1. The molecule has 0 spiro atoms. The highest BCUT2D eigenvalue weighted by Gasteiger charge is 2.13. The third-order valence-electron chi connectivity index (χ3n) is 2.98. The molecule has 0 atom stereocenters. The number of hydrogen-bond donors (Lipinski definition) is 2. The summed E-state index contributed by atoms with van der Waals surface area (Å²) in [4.78, 5) is 12.9. The Morgan fingerprint density at radius 3 is 2.57 bits per heavy atom. The molecule has 0 aliphatic heterocycles. The minimum Gasteiger partial charge on any atom is -0.347 e. The van der Waals surface area contributed by atoms with Gasteiger partial charge in [0.25, 0.3) is 5.91 Å². The number of aryl methyl sites for hydroxylation is 2. The number of carbonyl (C=O) groups is 1. The number of carbonyl (C=O) groups excluding carboxylic acids is 1. The molecule has 0 aliphatic rings. The molecular weight excluding hydrogens is 308 g/mol. The molecule has 0 aliphatic carbocycles. The minimum atomic E-state index is -3.68. The molecule has 0 saturated heterocycles. The molecule has 0 bridgehead atoms. The van der Waals surface area contributed by atoms with Crippen molar-refractivity contribution >= 4 is 27.3 Å². The molecule has 1 heterocycles. The minimum absolute atomic E-state index is 0.0958. The molecule has 3 N–H and O–H groups in total. The first-order valence-corrected chi connectivity index (χ1v) is 8.60. The van der Waals surface area contributed by atoms with Gasteiger partial charge in [0.2, 0.25) is 10.0 Å². The van der Waals surface area contributed by atoms with E-state index in [2.05, 4.69) is 5.32 Å². The number of primary sulfonamides is 1. The maximum atomic E-state index is 12.1. The van der Waals surface area contributed by atoms with Crippen molar-refractivity contribution in [2.75, 3.05) is 0 Å². The fraction of sp³-hybridized carbons (Fsp3) is 0.214. The van der Waals surface area contributed by atoms with Crippen molar-refractivity contribution in [3.05, 3.63) is 51.9 Å². The fourth-order valence-electron chi connectivity index (χ4n) is 1.85. The zero-order valence-electron chi connectivity index (χ0n) is 11.7. The van der Waals surface area contributed by atoms with Crippen LogP contribution in [0.15, 0.2) is 34.5 Å². The Hall–Kier alpha value is -1.70. The fourth-order valence-corrected chi connectivity index (χ4v) is 3.57. The van der Waals surface area contributed by atoms with Gasteiger partial charge in [0.15, 0.2) is 0 Å². The van der Waals surface area contributed by atoms with E-state index in [1.807, 2.05) is 32.0 Å². The summed E-state index contributed by atoms with van der Waals surface area (Å²) in [6, 6.07) is 8.76. The van der Waals surface area contributed by atoms with Gasteiger partial charge in [0, 0.05) is 10.4 Å².